The number of hydrogen-bond donors (Lipinski definition) is 1. The molecule has 17 heavy (non-hydrogen) atoms. The van der Waals surface area contributed by atoms with Gasteiger partial charge in [0.1, 0.15) is 6.61 Å². The van der Waals surface area contributed by atoms with E-state index in [1.165, 1.54) is 6.07 Å². The van der Waals surface area contributed by atoms with Crippen molar-refractivity contribution in [2.75, 3.05) is 0 Å². The Morgan fingerprint density at radius 3 is 2.76 bits per heavy atom. The number of halogens is 2. The Kier molecular flexibility index (Phi) is 4.15. The molecule has 0 fully saturated rings. The van der Waals surface area contributed by atoms with E-state index < -0.39 is 0 Å². The van der Waals surface area contributed by atoms with Gasteiger partial charge in [-0.15, -0.1) is 11.3 Å². The Balaban J connectivity index is 2.13. The Labute approximate surface area is 111 Å². The first-order chi connectivity index (χ1) is 8.20. The first kappa shape index (κ1) is 12.5. The third-order valence-corrected chi connectivity index (χ3v) is 3.85. The predicted molar refractivity (Wildman–Crippen MR) is 70.6 cm³/mol. The minimum absolute atomic E-state index is 0.250. The lowest BCUT2D eigenvalue weighted by Gasteiger charge is -2.10. The maximum absolute atomic E-state index is 13.6. The molecule has 2 aromatic rings. The average molecular weight is 316 g/mol. The number of rotatable bonds is 4. The van der Waals surface area contributed by atoms with Crippen molar-refractivity contribution < 1.29 is 9.13 Å². The smallest absolute Gasteiger partial charge is 0.165 e. The van der Waals surface area contributed by atoms with Crippen molar-refractivity contribution in [2.24, 2.45) is 5.73 Å². The molecule has 0 spiro atoms. The molecule has 90 valence electrons. The van der Waals surface area contributed by atoms with Gasteiger partial charge in [-0.3, -0.25) is 0 Å². The van der Waals surface area contributed by atoms with Crippen molar-refractivity contribution in [1.82, 2.24) is 0 Å². The van der Waals surface area contributed by atoms with Gasteiger partial charge in [0.15, 0.2) is 11.6 Å². The van der Waals surface area contributed by atoms with Gasteiger partial charge in [-0.1, -0.05) is 12.1 Å². The second-order valence-corrected chi connectivity index (χ2v) is 5.97. The van der Waals surface area contributed by atoms with Gasteiger partial charge in [-0.05, 0) is 34.1 Å². The van der Waals surface area contributed by atoms with Crippen LogP contribution in [0.2, 0.25) is 0 Å². The quantitative estimate of drug-likeness (QED) is 0.934. The number of thiophene rings is 1. The van der Waals surface area contributed by atoms with Gasteiger partial charge in [0.2, 0.25) is 0 Å². The van der Waals surface area contributed by atoms with Gasteiger partial charge in [0, 0.05) is 17.0 Å². The fourth-order valence-corrected chi connectivity index (χ4v) is 2.84. The fraction of sp³-hybridized carbons (Fsp3) is 0.167. The lowest BCUT2D eigenvalue weighted by molar-refractivity contribution is 0.290. The number of hydrogen-bond acceptors (Lipinski definition) is 3. The number of benzene rings is 1. The Bertz CT molecular complexity index is 515. The topological polar surface area (TPSA) is 35.2 Å². The molecule has 0 saturated heterocycles. The SMILES string of the molecule is NCc1cccc(F)c1OCc1ccc(Br)s1. The highest BCUT2D eigenvalue weighted by molar-refractivity contribution is 9.11. The van der Waals surface area contributed by atoms with Gasteiger partial charge in [0.05, 0.1) is 3.79 Å². The minimum Gasteiger partial charge on any atom is -0.485 e. The van der Waals surface area contributed by atoms with Gasteiger partial charge in [0.25, 0.3) is 0 Å². The van der Waals surface area contributed by atoms with Crippen molar-refractivity contribution in [1.29, 1.82) is 0 Å². The fourth-order valence-electron chi connectivity index (χ4n) is 1.45. The lowest BCUT2D eigenvalue weighted by atomic mass is 10.2. The van der Waals surface area contributed by atoms with Crippen LogP contribution in [0, 0.1) is 5.82 Å². The molecule has 1 heterocycles. The van der Waals surface area contributed by atoms with E-state index in [-0.39, 0.29) is 18.1 Å². The number of nitrogens with two attached hydrogens (primary N) is 1. The molecule has 1 aromatic heterocycles. The summed E-state index contributed by atoms with van der Waals surface area (Å²) in [6.07, 6.45) is 0. The van der Waals surface area contributed by atoms with E-state index in [9.17, 15) is 4.39 Å². The molecule has 0 amide bonds. The molecule has 2 rings (SSSR count). The molecule has 2 N–H and O–H groups in total. The van der Waals surface area contributed by atoms with Crippen molar-refractivity contribution in [3.63, 3.8) is 0 Å². The second-order valence-electron chi connectivity index (χ2n) is 3.43. The molecular weight excluding hydrogens is 305 g/mol. The van der Waals surface area contributed by atoms with E-state index in [1.807, 2.05) is 12.1 Å². The van der Waals surface area contributed by atoms with E-state index in [0.717, 1.165) is 8.66 Å². The second kappa shape index (κ2) is 5.62. The molecule has 0 bridgehead atoms. The van der Waals surface area contributed by atoms with Crippen molar-refractivity contribution in [3.05, 3.63) is 50.4 Å². The summed E-state index contributed by atoms with van der Waals surface area (Å²) in [6.45, 7) is 0.616. The molecule has 0 radical (unpaired) electrons. The molecule has 0 unspecified atom stereocenters. The van der Waals surface area contributed by atoms with Gasteiger partial charge in [-0.2, -0.15) is 0 Å². The number of ether oxygens (including phenoxy) is 1. The molecule has 0 atom stereocenters. The standard InChI is InChI=1S/C12H11BrFNOS/c13-11-5-4-9(17-11)7-16-12-8(6-15)2-1-3-10(12)14/h1-5H,6-7,15H2. The van der Waals surface area contributed by atoms with Crippen LogP contribution in [0.4, 0.5) is 4.39 Å². The van der Waals surface area contributed by atoms with Crippen LogP contribution in [0.15, 0.2) is 34.1 Å². The van der Waals surface area contributed by atoms with Crippen molar-refractivity contribution in [3.8, 4) is 5.75 Å². The van der Waals surface area contributed by atoms with E-state index >= 15 is 0 Å². The highest BCUT2D eigenvalue weighted by atomic mass is 79.9. The molecule has 0 aliphatic rings. The van der Waals surface area contributed by atoms with Crippen LogP contribution in [-0.2, 0) is 13.2 Å². The zero-order valence-corrected chi connectivity index (χ0v) is 11.4. The number of para-hydroxylation sites is 1. The zero-order valence-electron chi connectivity index (χ0n) is 8.95. The molecule has 0 aliphatic carbocycles. The summed E-state index contributed by atoms with van der Waals surface area (Å²) < 4.78 is 20.1. The highest BCUT2D eigenvalue weighted by Gasteiger charge is 2.09. The van der Waals surface area contributed by atoms with Crippen LogP contribution in [0.25, 0.3) is 0 Å². The summed E-state index contributed by atoms with van der Waals surface area (Å²) in [4.78, 5) is 1.03. The summed E-state index contributed by atoms with van der Waals surface area (Å²) in [5.74, 6) is -0.122. The third kappa shape index (κ3) is 3.06. The average Bonchev–Trinajstić information content (AvgIpc) is 2.73. The lowest BCUT2D eigenvalue weighted by Crippen LogP contribution is -2.03. The monoisotopic (exact) mass is 315 g/mol. The predicted octanol–water partition coefficient (Wildman–Crippen LogP) is 3.69. The molecule has 0 aliphatic heterocycles. The summed E-state index contributed by atoms with van der Waals surface area (Å²) >= 11 is 4.93. The summed E-state index contributed by atoms with van der Waals surface area (Å²) in [7, 11) is 0. The van der Waals surface area contributed by atoms with Crippen LogP contribution >= 0.6 is 27.3 Å². The minimum atomic E-state index is -0.372. The Morgan fingerprint density at radius 1 is 1.29 bits per heavy atom. The van der Waals surface area contributed by atoms with E-state index in [4.69, 9.17) is 10.5 Å². The van der Waals surface area contributed by atoms with Gasteiger partial charge >= 0.3 is 0 Å². The van der Waals surface area contributed by atoms with Gasteiger partial charge < -0.3 is 10.5 Å². The molecule has 5 heteroatoms. The first-order valence-electron chi connectivity index (χ1n) is 5.05. The zero-order chi connectivity index (χ0) is 12.3. The summed E-state index contributed by atoms with van der Waals surface area (Å²) in [5.41, 5.74) is 6.22. The van der Waals surface area contributed by atoms with Crippen LogP contribution in [-0.4, -0.2) is 0 Å². The van der Waals surface area contributed by atoms with Crippen LogP contribution < -0.4 is 10.5 Å². The Morgan fingerprint density at radius 2 is 2.12 bits per heavy atom. The van der Waals surface area contributed by atoms with Crippen molar-refractivity contribution in [2.45, 2.75) is 13.2 Å². The van der Waals surface area contributed by atoms with Crippen LogP contribution in [0.1, 0.15) is 10.4 Å². The van der Waals surface area contributed by atoms with Crippen LogP contribution in [0.3, 0.4) is 0 Å². The van der Waals surface area contributed by atoms with Crippen LogP contribution in [0.5, 0.6) is 5.75 Å². The summed E-state index contributed by atoms with van der Waals surface area (Å²) in [6, 6.07) is 8.65. The normalized spacial score (nSPS) is 10.5. The molecular formula is C12H11BrFNOS. The van der Waals surface area contributed by atoms with E-state index in [0.29, 0.717) is 12.2 Å². The van der Waals surface area contributed by atoms with Crippen molar-refractivity contribution >= 4 is 27.3 Å². The Hall–Kier alpha value is -0.910. The maximum Gasteiger partial charge on any atom is 0.165 e. The van der Waals surface area contributed by atoms with E-state index in [2.05, 4.69) is 15.9 Å². The highest BCUT2D eigenvalue weighted by Crippen LogP contribution is 2.26. The molecule has 1 aromatic carbocycles. The maximum atomic E-state index is 13.6. The third-order valence-electron chi connectivity index (χ3n) is 2.26. The van der Waals surface area contributed by atoms with Gasteiger partial charge in [-0.25, -0.2) is 4.39 Å². The van der Waals surface area contributed by atoms with E-state index in [1.54, 1.807) is 23.5 Å². The molecule has 2 nitrogen and oxygen atoms in total. The first-order valence-corrected chi connectivity index (χ1v) is 6.66. The largest absolute Gasteiger partial charge is 0.485 e. The summed E-state index contributed by atoms with van der Waals surface area (Å²) in [5, 5.41) is 0. The molecule has 0 saturated carbocycles.